The van der Waals surface area contributed by atoms with Crippen molar-refractivity contribution in [3.8, 4) is 0 Å². The first kappa shape index (κ1) is 18.6. The van der Waals surface area contributed by atoms with Gasteiger partial charge in [-0.3, -0.25) is 4.79 Å². The van der Waals surface area contributed by atoms with E-state index in [0.29, 0.717) is 12.2 Å². The fourth-order valence-corrected chi connectivity index (χ4v) is 7.37. The minimum Gasteiger partial charge on any atom is -0.326 e. The molecule has 0 aliphatic carbocycles. The average Bonchev–Trinajstić information content (AvgIpc) is 2.81. The van der Waals surface area contributed by atoms with E-state index < -0.39 is 36.7 Å². The third-order valence-corrected chi connectivity index (χ3v) is 7.89. The van der Waals surface area contributed by atoms with Gasteiger partial charge in [0.15, 0.2) is 19.7 Å². The molecule has 7 nitrogen and oxygen atoms in total. The second kappa shape index (κ2) is 7.04. The van der Waals surface area contributed by atoms with Gasteiger partial charge in [-0.1, -0.05) is 6.08 Å². The summed E-state index contributed by atoms with van der Waals surface area (Å²) in [6.45, 7) is 5.22. The summed E-state index contributed by atoms with van der Waals surface area (Å²) in [5, 5.41) is 4.42. The van der Waals surface area contributed by atoms with E-state index in [1.807, 2.05) is 0 Å². The van der Waals surface area contributed by atoms with Gasteiger partial charge in [-0.15, -0.1) is 6.58 Å². The second-order valence-electron chi connectivity index (χ2n) is 5.67. The smallest absolute Gasteiger partial charge is 0.221 e. The van der Waals surface area contributed by atoms with Crippen LogP contribution in [0.2, 0.25) is 0 Å². The Balaban J connectivity index is 2.30. The molecule has 0 spiro atoms. The van der Waals surface area contributed by atoms with Crippen LogP contribution in [-0.4, -0.2) is 52.1 Å². The van der Waals surface area contributed by atoms with Crippen LogP contribution in [0.4, 0.5) is 5.69 Å². The third-order valence-electron chi connectivity index (χ3n) is 3.73. The Hall–Kier alpha value is -1.71. The molecule has 1 aliphatic rings. The lowest BCUT2D eigenvalue weighted by Crippen LogP contribution is -2.43. The summed E-state index contributed by atoms with van der Waals surface area (Å²) in [4.78, 5) is 11.0. The van der Waals surface area contributed by atoms with Crippen molar-refractivity contribution in [3.05, 3.63) is 36.9 Å². The Labute approximate surface area is 142 Å². The Bertz CT molecular complexity index is 829. The van der Waals surface area contributed by atoms with Crippen LogP contribution >= 0.6 is 0 Å². The molecule has 0 aromatic heterocycles. The normalized spacial score (nSPS) is 22.9. The van der Waals surface area contributed by atoms with E-state index in [4.69, 9.17) is 0 Å². The van der Waals surface area contributed by atoms with Gasteiger partial charge >= 0.3 is 0 Å². The van der Waals surface area contributed by atoms with E-state index in [2.05, 4.69) is 17.2 Å². The highest BCUT2D eigenvalue weighted by molar-refractivity contribution is 7.96. The summed E-state index contributed by atoms with van der Waals surface area (Å²) in [5.41, 5.74) is 0.474. The van der Waals surface area contributed by atoms with Crippen LogP contribution in [-0.2, 0) is 24.5 Å². The molecule has 0 bridgehead atoms. The lowest BCUT2D eigenvalue weighted by atomic mass is 10.2. The molecule has 2 N–H and O–H groups in total. The van der Waals surface area contributed by atoms with Gasteiger partial charge in [-0.2, -0.15) is 0 Å². The number of sulfone groups is 2. The number of nitrogens with one attached hydrogen (secondary N) is 2. The number of rotatable bonds is 6. The van der Waals surface area contributed by atoms with Crippen molar-refractivity contribution in [1.29, 1.82) is 0 Å². The quantitative estimate of drug-likeness (QED) is 0.698. The standard InChI is InChI=1S/C15H20N2O5S2/c1-3-8-16-14-9-23(19,20)10-15(14)24(21,22)13-6-4-12(5-7-13)17-11(2)18/h3-7,14-16H,1,8-10H2,2H3,(H,17,18)/t14-,15-/m1/s1. The highest BCUT2D eigenvalue weighted by atomic mass is 32.2. The number of amides is 1. The molecule has 1 heterocycles. The van der Waals surface area contributed by atoms with Gasteiger partial charge < -0.3 is 10.6 Å². The number of anilines is 1. The summed E-state index contributed by atoms with van der Waals surface area (Å²) >= 11 is 0. The van der Waals surface area contributed by atoms with Crippen LogP contribution in [0.25, 0.3) is 0 Å². The molecular weight excluding hydrogens is 352 g/mol. The van der Waals surface area contributed by atoms with Crippen LogP contribution in [0.1, 0.15) is 6.92 Å². The molecule has 9 heteroatoms. The molecule has 1 amide bonds. The number of carbonyl (C=O) groups is 1. The SMILES string of the molecule is C=CCN[C@@H]1CS(=O)(=O)C[C@H]1S(=O)(=O)c1ccc(NC(C)=O)cc1. The first-order chi connectivity index (χ1) is 11.2. The van der Waals surface area contributed by atoms with Gasteiger partial charge in [0.25, 0.3) is 0 Å². The Morgan fingerprint density at radius 3 is 2.46 bits per heavy atom. The van der Waals surface area contributed by atoms with E-state index >= 15 is 0 Å². The van der Waals surface area contributed by atoms with Crippen LogP contribution in [0.5, 0.6) is 0 Å². The molecule has 0 unspecified atom stereocenters. The molecule has 2 atom stereocenters. The van der Waals surface area contributed by atoms with E-state index in [0.717, 1.165) is 0 Å². The molecule has 0 radical (unpaired) electrons. The monoisotopic (exact) mass is 372 g/mol. The van der Waals surface area contributed by atoms with E-state index in [-0.39, 0.29) is 16.6 Å². The zero-order valence-corrected chi connectivity index (χ0v) is 14.9. The largest absolute Gasteiger partial charge is 0.326 e. The van der Waals surface area contributed by atoms with E-state index in [1.165, 1.54) is 31.2 Å². The van der Waals surface area contributed by atoms with Crippen molar-refractivity contribution >= 4 is 31.3 Å². The third kappa shape index (κ3) is 4.22. The van der Waals surface area contributed by atoms with Crippen molar-refractivity contribution in [2.75, 3.05) is 23.4 Å². The number of carbonyl (C=O) groups excluding carboxylic acids is 1. The minimum absolute atomic E-state index is 0.0316. The maximum atomic E-state index is 12.8. The van der Waals surface area contributed by atoms with Gasteiger partial charge in [-0.05, 0) is 24.3 Å². The number of hydrogen-bond donors (Lipinski definition) is 2. The molecule has 1 aliphatic heterocycles. The molecule has 24 heavy (non-hydrogen) atoms. The summed E-state index contributed by atoms with van der Waals surface area (Å²) in [7, 11) is -7.25. The predicted molar refractivity (Wildman–Crippen MR) is 92.4 cm³/mol. The predicted octanol–water partition coefficient (Wildman–Crippen LogP) is 0.360. The number of benzene rings is 1. The highest BCUT2D eigenvalue weighted by Gasteiger charge is 2.45. The molecule has 2 rings (SSSR count). The summed E-state index contributed by atoms with van der Waals surface area (Å²) in [5.74, 6) is -0.882. The van der Waals surface area contributed by atoms with Gasteiger partial charge in [0, 0.05) is 25.2 Å². The molecule has 1 aromatic carbocycles. The molecule has 132 valence electrons. The van der Waals surface area contributed by atoms with Gasteiger partial charge in [-0.25, -0.2) is 16.8 Å². The summed E-state index contributed by atoms with van der Waals surface area (Å²) in [6, 6.07) is 5.02. The first-order valence-corrected chi connectivity index (χ1v) is 10.7. The Kier molecular flexibility index (Phi) is 5.46. The number of hydrogen-bond acceptors (Lipinski definition) is 6. The summed E-state index contributed by atoms with van der Waals surface area (Å²) in [6.07, 6.45) is 1.55. The molecule has 1 aromatic rings. The minimum atomic E-state index is -3.82. The van der Waals surface area contributed by atoms with Crippen LogP contribution in [0.3, 0.4) is 0 Å². The van der Waals surface area contributed by atoms with Crippen molar-refractivity contribution in [2.45, 2.75) is 23.1 Å². The maximum Gasteiger partial charge on any atom is 0.221 e. The topological polar surface area (TPSA) is 109 Å². The molecule has 1 fully saturated rings. The van der Waals surface area contributed by atoms with Crippen molar-refractivity contribution in [1.82, 2.24) is 5.32 Å². The molecule has 0 saturated carbocycles. The van der Waals surface area contributed by atoms with Crippen LogP contribution < -0.4 is 10.6 Å². The lowest BCUT2D eigenvalue weighted by molar-refractivity contribution is -0.114. The Morgan fingerprint density at radius 1 is 1.29 bits per heavy atom. The van der Waals surface area contributed by atoms with Gasteiger partial charge in [0.1, 0.15) is 0 Å². The van der Waals surface area contributed by atoms with Crippen LogP contribution in [0, 0.1) is 0 Å². The highest BCUT2D eigenvalue weighted by Crippen LogP contribution is 2.26. The zero-order chi connectivity index (χ0) is 18.0. The van der Waals surface area contributed by atoms with Crippen molar-refractivity contribution in [2.24, 2.45) is 0 Å². The zero-order valence-electron chi connectivity index (χ0n) is 13.2. The summed E-state index contributed by atoms with van der Waals surface area (Å²) < 4.78 is 49.4. The molecule has 1 saturated heterocycles. The first-order valence-electron chi connectivity index (χ1n) is 7.32. The fraction of sp³-hybridized carbons (Fsp3) is 0.400. The van der Waals surface area contributed by atoms with E-state index in [9.17, 15) is 21.6 Å². The van der Waals surface area contributed by atoms with Gasteiger partial charge in [0.2, 0.25) is 5.91 Å². The Morgan fingerprint density at radius 2 is 1.92 bits per heavy atom. The second-order valence-corrected chi connectivity index (χ2v) is 9.99. The fourth-order valence-electron chi connectivity index (χ4n) is 2.65. The molecular formula is C15H20N2O5S2. The average molecular weight is 372 g/mol. The maximum absolute atomic E-state index is 12.8. The lowest BCUT2D eigenvalue weighted by Gasteiger charge is -2.19. The van der Waals surface area contributed by atoms with Crippen molar-refractivity contribution in [3.63, 3.8) is 0 Å². The van der Waals surface area contributed by atoms with Crippen LogP contribution in [0.15, 0.2) is 41.8 Å². The van der Waals surface area contributed by atoms with Crippen molar-refractivity contribution < 1.29 is 21.6 Å². The van der Waals surface area contributed by atoms with Gasteiger partial charge in [0.05, 0.1) is 21.7 Å². The van der Waals surface area contributed by atoms with E-state index in [1.54, 1.807) is 6.08 Å².